The third kappa shape index (κ3) is 3.27. The molecule has 0 saturated carbocycles. The SMILES string of the molecule is CC(C)c1ncc(Cl)c(C(=O)N2CCS(=O)(=O)CC2)n1. The smallest absolute Gasteiger partial charge is 0.274 e. The predicted octanol–water partition coefficient (Wildman–Crippen LogP) is 1.12. The lowest BCUT2D eigenvalue weighted by molar-refractivity contribution is 0.0764. The van der Waals surface area contributed by atoms with Crippen molar-refractivity contribution in [3.63, 3.8) is 0 Å². The van der Waals surface area contributed by atoms with Gasteiger partial charge in [0.15, 0.2) is 15.5 Å². The Bertz CT molecular complexity index is 617. The van der Waals surface area contributed by atoms with Crippen LogP contribution >= 0.6 is 11.6 Å². The molecule has 0 bridgehead atoms. The number of rotatable bonds is 2. The van der Waals surface area contributed by atoms with Gasteiger partial charge in [0, 0.05) is 19.0 Å². The van der Waals surface area contributed by atoms with Gasteiger partial charge in [-0.1, -0.05) is 25.4 Å². The van der Waals surface area contributed by atoms with Crippen LogP contribution in [0.1, 0.15) is 36.1 Å². The van der Waals surface area contributed by atoms with Crippen molar-refractivity contribution in [2.45, 2.75) is 19.8 Å². The maximum Gasteiger partial charge on any atom is 0.274 e. The third-order valence-corrected chi connectivity index (χ3v) is 5.00. The average Bonchev–Trinajstić information content (AvgIpc) is 2.38. The van der Waals surface area contributed by atoms with Crippen molar-refractivity contribution >= 4 is 27.3 Å². The van der Waals surface area contributed by atoms with Crippen molar-refractivity contribution in [2.75, 3.05) is 24.6 Å². The second kappa shape index (κ2) is 5.65. The van der Waals surface area contributed by atoms with E-state index in [1.54, 1.807) is 0 Å². The van der Waals surface area contributed by atoms with Crippen molar-refractivity contribution < 1.29 is 13.2 Å². The largest absolute Gasteiger partial charge is 0.335 e. The third-order valence-electron chi connectivity index (χ3n) is 3.11. The fourth-order valence-electron chi connectivity index (χ4n) is 1.87. The summed E-state index contributed by atoms with van der Waals surface area (Å²) in [6.07, 6.45) is 1.41. The lowest BCUT2D eigenvalue weighted by Crippen LogP contribution is -2.44. The van der Waals surface area contributed by atoms with Crippen LogP contribution in [0.5, 0.6) is 0 Å². The maximum atomic E-state index is 12.4. The average molecular weight is 318 g/mol. The van der Waals surface area contributed by atoms with Crippen LogP contribution in [0.25, 0.3) is 0 Å². The minimum atomic E-state index is -3.02. The molecule has 1 fully saturated rings. The summed E-state index contributed by atoms with van der Waals surface area (Å²) in [6, 6.07) is 0. The molecule has 1 aromatic heterocycles. The van der Waals surface area contributed by atoms with E-state index in [1.807, 2.05) is 13.8 Å². The molecular formula is C12H16ClN3O3S. The van der Waals surface area contributed by atoms with Crippen LogP contribution in [0.2, 0.25) is 5.02 Å². The number of sulfone groups is 1. The van der Waals surface area contributed by atoms with Gasteiger partial charge in [-0.15, -0.1) is 0 Å². The van der Waals surface area contributed by atoms with Crippen molar-refractivity contribution in [1.82, 2.24) is 14.9 Å². The van der Waals surface area contributed by atoms with Crippen LogP contribution in [-0.4, -0.2) is 53.8 Å². The molecule has 0 N–H and O–H groups in total. The summed E-state index contributed by atoms with van der Waals surface area (Å²) in [5, 5.41) is 0.188. The van der Waals surface area contributed by atoms with Gasteiger partial charge in [0.1, 0.15) is 5.82 Å². The van der Waals surface area contributed by atoms with Crippen LogP contribution in [0.15, 0.2) is 6.20 Å². The Morgan fingerprint density at radius 2 is 1.95 bits per heavy atom. The Hall–Kier alpha value is -1.21. The Morgan fingerprint density at radius 1 is 1.35 bits per heavy atom. The summed E-state index contributed by atoms with van der Waals surface area (Å²) in [7, 11) is -3.02. The lowest BCUT2D eigenvalue weighted by Gasteiger charge is -2.26. The Labute approximate surface area is 123 Å². The molecule has 0 radical (unpaired) electrons. The summed E-state index contributed by atoms with van der Waals surface area (Å²) in [6.45, 7) is 4.20. The molecule has 2 rings (SSSR count). The van der Waals surface area contributed by atoms with Crippen LogP contribution < -0.4 is 0 Å². The van der Waals surface area contributed by atoms with Crippen LogP contribution in [0.4, 0.5) is 0 Å². The standard InChI is InChI=1S/C12H16ClN3O3S/c1-8(2)11-14-7-9(13)10(15-11)12(17)16-3-5-20(18,19)6-4-16/h7-8H,3-6H2,1-2H3. The second-order valence-corrected chi connectivity index (χ2v) is 7.73. The first-order valence-corrected chi connectivity index (χ1v) is 8.52. The van der Waals surface area contributed by atoms with Gasteiger partial charge < -0.3 is 4.90 Å². The van der Waals surface area contributed by atoms with E-state index in [9.17, 15) is 13.2 Å². The van der Waals surface area contributed by atoms with Crippen LogP contribution in [0.3, 0.4) is 0 Å². The van der Waals surface area contributed by atoms with Gasteiger partial charge in [-0.05, 0) is 0 Å². The van der Waals surface area contributed by atoms with E-state index in [1.165, 1.54) is 11.1 Å². The molecule has 1 aromatic rings. The summed E-state index contributed by atoms with van der Waals surface area (Å²) in [4.78, 5) is 22.1. The van der Waals surface area contributed by atoms with E-state index in [0.717, 1.165) is 0 Å². The fourth-order valence-corrected chi connectivity index (χ4v) is 3.25. The normalized spacial score (nSPS) is 18.3. The first-order chi connectivity index (χ1) is 9.30. The maximum absolute atomic E-state index is 12.4. The monoisotopic (exact) mass is 317 g/mol. The zero-order chi connectivity index (χ0) is 14.9. The summed E-state index contributed by atoms with van der Waals surface area (Å²) in [5.74, 6) is 0.258. The summed E-state index contributed by atoms with van der Waals surface area (Å²) >= 11 is 5.98. The van der Waals surface area contributed by atoms with Gasteiger partial charge in [0.05, 0.1) is 22.7 Å². The lowest BCUT2D eigenvalue weighted by atomic mass is 10.2. The molecule has 6 nitrogen and oxygen atoms in total. The van der Waals surface area contributed by atoms with Gasteiger partial charge in [-0.2, -0.15) is 0 Å². The molecule has 1 saturated heterocycles. The molecule has 1 aliphatic rings. The van der Waals surface area contributed by atoms with Crippen molar-refractivity contribution in [3.8, 4) is 0 Å². The Balaban J connectivity index is 2.23. The van der Waals surface area contributed by atoms with E-state index >= 15 is 0 Å². The molecule has 1 amide bonds. The van der Waals surface area contributed by atoms with E-state index in [4.69, 9.17) is 11.6 Å². The zero-order valence-electron chi connectivity index (χ0n) is 11.3. The van der Waals surface area contributed by atoms with E-state index < -0.39 is 9.84 Å². The number of amides is 1. The van der Waals surface area contributed by atoms with Crippen molar-refractivity contribution in [2.24, 2.45) is 0 Å². The number of carbonyl (C=O) groups is 1. The molecule has 110 valence electrons. The predicted molar refractivity (Wildman–Crippen MR) is 75.7 cm³/mol. The molecular weight excluding hydrogens is 302 g/mol. The van der Waals surface area contributed by atoms with E-state index in [2.05, 4.69) is 9.97 Å². The number of carbonyl (C=O) groups excluding carboxylic acids is 1. The summed E-state index contributed by atoms with van der Waals surface area (Å²) in [5.41, 5.74) is 0.143. The minimum absolute atomic E-state index is 0.0154. The van der Waals surface area contributed by atoms with Crippen LogP contribution in [0, 0.1) is 0 Å². The number of halogens is 1. The molecule has 0 unspecified atom stereocenters. The summed E-state index contributed by atoms with van der Waals surface area (Å²) < 4.78 is 22.8. The topological polar surface area (TPSA) is 80.2 Å². The molecule has 2 heterocycles. The van der Waals surface area contributed by atoms with Crippen molar-refractivity contribution in [1.29, 1.82) is 0 Å². The van der Waals surface area contributed by atoms with Gasteiger partial charge in [0.2, 0.25) is 0 Å². The van der Waals surface area contributed by atoms with Gasteiger partial charge in [0.25, 0.3) is 5.91 Å². The highest BCUT2D eigenvalue weighted by molar-refractivity contribution is 7.91. The highest BCUT2D eigenvalue weighted by atomic mass is 35.5. The zero-order valence-corrected chi connectivity index (χ0v) is 12.9. The van der Waals surface area contributed by atoms with Crippen LogP contribution in [-0.2, 0) is 9.84 Å². The number of nitrogens with zero attached hydrogens (tertiary/aromatic N) is 3. The molecule has 0 aromatic carbocycles. The molecule has 1 aliphatic heterocycles. The molecule has 0 aliphatic carbocycles. The second-order valence-electron chi connectivity index (χ2n) is 5.02. The molecule has 8 heteroatoms. The number of aromatic nitrogens is 2. The van der Waals surface area contributed by atoms with Crippen molar-refractivity contribution in [3.05, 3.63) is 22.7 Å². The van der Waals surface area contributed by atoms with E-state index in [0.29, 0.717) is 5.82 Å². The molecule has 20 heavy (non-hydrogen) atoms. The minimum Gasteiger partial charge on any atom is -0.335 e. The number of hydrogen-bond donors (Lipinski definition) is 0. The van der Waals surface area contributed by atoms with Gasteiger partial charge >= 0.3 is 0 Å². The molecule has 0 spiro atoms. The van der Waals surface area contributed by atoms with Gasteiger partial charge in [-0.3, -0.25) is 4.79 Å². The first-order valence-electron chi connectivity index (χ1n) is 6.32. The van der Waals surface area contributed by atoms with Gasteiger partial charge in [-0.25, -0.2) is 18.4 Å². The Kier molecular flexibility index (Phi) is 4.29. The molecule has 0 atom stereocenters. The highest BCUT2D eigenvalue weighted by Crippen LogP contribution is 2.19. The van der Waals surface area contributed by atoms with E-state index in [-0.39, 0.29) is 47.1 Å². The number of hydrogen-bond acceptors (Lipinski definition) is 5. The Morgan fingerprint density at radius 3 is 2.50 bits per heavy atom. The first kappa shape index (κ1) is 15.2. The quantitative estimate of drug-likeness (QED) is 0.816. The highest BCUT2D eigenvalue weighted by Gasteiger charge is 2.28. The fraction of sp³-hybridized carbons (Fsp3) is 0.583.